The summed E-state index contributed by atoms with van der Waals surface area (Å²) in [7, 11) is 0. The number of nitriles is 2. The normalized spacial score (nSPS) is 11.7. The van der Waals surface area contributed by atoms with Gasteiger partial charge < -0.3 is 17.7 Å². The van der Waals surface area contributed by atoms with Crippen molar-refractivity contribution in [2.75, 3.05) is 0 Å². The zero-order chi connectivity index (χ0) is 21.4. The van der Waals surface area contributed by atoms with Crippen molar-refractivity contribution in [1.82, 2.24) is 30.8 Å². The number of H-pyrrole nitrogens is 2. The number of hydrogen-bond acceptors (Lipinski definition) is 10. The van der Waals surface area contributed by atoms with Gasteiger partial charge in [-0.25, -0.2) is 0 Å². The number of nitrogens with one attached hydrogen (secondary N) is 2. The molecule has 0 atom stereocenters. The molecular formula is C20H6N8O4. The van der Waals surface area contributed by atoms with Crippen molar-refractivity contribution >= 4 is 66.7 Å². The van der Waals surface area contributed by atoms with E-state index in [9.17, 15) is 10.5 Å². The van der Waals surface area contributed by atoms with Crippen molar-refractivity contribution in [3.05, 3.63) is 35.4 Å². The lowest BCUT2D eigenvalue weighted by atomic mass is 10.1. The summed E-state index contributed by atoms with van der Waals surface area (Å²) in [5.41, 5.74) is 3.91. The highest BCUT2D eigenvalue weighted by Gasteiger charge is 2.24. The molecule has 0 aliphatic rings. The zero-order valence-electron chi connectivity index (χ0n) is 15.6. The number of fused-ring (bicyclic) bond motifs is 6. The van der Waals surface area contributed by atoms with Crippen LogP contribution in [0.3, 0.4) is 0 Å². The minimum absolute atomic E-state index is 0.0217. The van der Waals surface area contributed by atoms with Crippen LogP contribution in [0.25, 0.3) is 66.7 Å². The fourth-order valence-electron chi connectivity index (χ4n) is 3.72. The average Bonchev–Trinajstić information content (AvgIpc) is 3.45. The van der Waals surface area contributed by atoms with Crippen LogP contribution < -0.4 is 0 Å². The van der Waals surface area contributed by atoms with E-state index in [0.717, 1.165) is 0 Å². The lowest BCUT2D eigenvalue weighted by Crippen LogP contribution is -1.92. The molecule has 0 aliphatic heterocycles. The summed E-state index contributed by atoms with van der Waals surface area (Å²) >= 11 is 0. The number of nitrogens with zero attached hydrogens (tertiary/aromatic N) is 6. The first-order valence-electron chi connectivity index (χ1n) is 9.18. The molecule has 0 unspecified atom stereocenters. The summed E-state index contributed by atoms with van der Waals surface area (Å²) < 4.78 is 24.0. The number of aromatic nitrogens is 6. The Kier molecular flexibility index (Phi) is 2.89. The average molecular weight is 422 g/mol. The highest BCUT2D eigenvalue weighted by Crippen LogP contribution is 2.37. The van der Waals surface area contributed by atoms with Crippen LogP contribution >= 0.6 is 0 Å². The number of rotatable bonds is 0. The predicted molar refractivity (Wildman–Crippen MR) is 107 cm³/mol. The van der Waals surface area contributed by atoms with Crippen LogP contribution in [0.5, 0.6) is 0 Å². The van der Waals surface area contributed by atoms with Gasteiger partial charge in [-0.15, -0.1) is 10.2 Å². The topological polar surface area (TPSA) is 183 Å². The smallest absolute Gasteiger partial charge is 0.193 e. The zero-order valence-corrected chi connectivity index (χ0v) is 15.6. The van der Waals surface area contributed by atoms with E-state index in [-0.39, 0.29) is 33.5 Å². The van der Waals surface area contributed by atoms with Crippen LogP contribution in [0, 0.1) is 22.7 Å². The monoisotopic (exact) mass is 422 g/mol. The van der Waals surface area contributed by atoms with Crippen LogP contribution in [-0.4, -0.2) is 30.8 Å². The quantitative estimate of drug-likeness (QED) is 0.337. The van der Waals surface area contributed by atoms with E-state index in [0.29, 0.717) is 44.4 Å². The largest absolute Gasteiger partial charge is 0.448 e. The molecule has 4 aromatic heterocycles. The Hall–Kier alpha value is -5.36. The second kappa shape index (κ2) is 5.62. The van der Waals surface area contributed by atoms with Gasteiger partial charge in [0, 0.05) is 24.3 Å². The lowest BCUT2D eigenvalue weighted by Gasteiger charge is -2.09. The Morgan fingerprint density at radius 1 is 0.594 bits per heavy atom. The van der Waals surface area contributed by atoms with Crippen LogP contribution in [0.4, 0.5) is 0 Å². The molecule has 150 valence electrons. The summed E-state index contributed by atoms with van der Waals surface area (Å²) in [5, 5.41) is 40.8. The predicted octanol–water partition coefficient (Wildman–Crippen LogP) is 4.08. The molecule has 0 radical (unpaired) electrons. The fourth-order valence-corrected chi connectivity index (χ4v) is 3.72. The van der Waals surface area contributed by atoms with E-state index >= 15 is 0 Å². The first kappa shape index (κ1) is 16.4. The van der Waals surface area contributed by atoms with Crippen LogP contribution in [-0.2, 0) is 0 Å². The highest BCUT2D eigenvalue weighted by molar-refractivity contribution is 6.03. The third-order valence-corrected chi connectivity index (χ3v) is 5.17. The Labute approximate surface area is 173 Å². The van der Waals surface area contributed by atoms with E-state index in [4.69, 9.17) is 17.7 Å². The molecule has 0 saturated heterocycles. The van der Waals surface area contributed by atoms with E-state index in [1.54, 1.807) is 24.3 Å². The fraction of sp³-hybridized carbons (Fsp3) is 0. The second-order valence-electron chi connectivity index (χ2n) is 6.95. The molecule has 0 fully saturated rings. The van der Waals surface area contributed by atoms with Gasteiger partial charge in [-0.1, -0.05) is 10.4 Å². The molecule has 2 N–H and O–H groups in total. The summed E-state index contributed by atoms with van der Waals surface area (Å²) in [6.07, 6.45) is 0. The Morgan fingerprint density at radius 3 is 1.34 bits per heavy atom. The van der Waals surface area contributed by atoms with Crippen molar-refractivity contribution in [3.8, 4) is 12.1 Å². The lowest BCUT2D eigenvalue weighted by molar-refractivity contribution is 0.563. The summed E-state index contributed by atoms with van der Waals surface area (Å²) in [5.74, 6) is 0. The molecule has 0 amide bonds. The minimum Gasteiger partial charge on any atom is -0.448 e. The molecule has 0 saturated carbocycles. The van der Waals surface area contributed by atoms with E-state index in [1.807, 2.05) is 0 Å². The molecule has 12 heteroatoms. The van der Waals surface area contributed by atoms with Crippen LogP contribution in [0.2, 0.25) is 0 Å². The van der Waals surface area contributed by atoms with Crippen LogP contribution in [0.1, 0.15) is 11.1 Å². The van der Waals surface area contributed by atoms with Gasteiger partial charge in [0.1, 0.15) is 34.3 Å². The highest BCUT2D eigenvalue weighted by atomic mass is 16.4. The van der Waals surface area contributed by atoms with Gasteiger partial charge >= 0.3 is 0 Å². The van der Waals surface area contributed by atoms with E-state index < -0.39 is 0 Å². The van der Waals surface area contributed by atoms with Gasteiger partial charge in [0.05, 0.1) is 11.0 Å². The van der Waals surface area contributed by atoms with E-state index in [2.05, 4.69) is 43.0 Å². The maximum Gasteiger partial charge on any atom is 0.193 e. The Balaban J connectivity index is 1.71. The molecule has 0 bridgehead atoms. The van der Waals surface area contributed by atoms with Gasteiger partial charge in [-0.3, -0.25) is 10.2 Å². The van der Waals surface area contributed by atoms with E-state index in [1.165, 1.54) is 0 Å². The van der Waals surface area contributed by atoms with Crippen LogP contribution in [0.15, 0.2) is 41.9 Å². The summed E-state index contributed by atoms with van der Waals surface area (Å²) in [6.45, 7) is 0. The number of hydrogen-bond donors (Lipinski definition) is 2. The van der Waals surface area contributed by atoms with Crippen molar-refractivity contribution in [2.45, 2.75) is 0 Å². The maximum atomic E-state index is 9.93. The number of aromatic amines is 2. The van der Waals surface area contributed by atoms with Crippen molar-refractivity contribution in [3.63, 3.8) is 0 Å². The third-order valence-electron chi connectivity index (χ3n) is 5.17. The summed E-state index contributed by atoms with van der Waals surface area (Å²) in [6, 6.07) is 10.7. The Morgan fingerprint density at radius 2 is 0.969 bits per heavy atom. The van der Waals surface area contributed by atoms with Crippen molar-refractivity contribution < 1.29 is 17.7 Å². The second-order valence-corrected chi connectivity index (χ2v) is 6.95. The molecular weight excluding hydrogens is 416 g/mol. The van der Waals surface area contributed by atoms with Gasteiger partial charge in [-0.2, -0.15) is 10.5 Å². The van der Waals surface area contributed by atoms with Crippen molar-refractivity contribution in [2.24, 2.45) is 0 Å². The molecule has 0 aliphatic carbocycles. The maximum absolute atomic E-state index is 9.93. The molecule has 32 heavy (non-hydrogen) atoms. The molecule has 7 rings (SSSR count). The first-order valence-corrected chi connectivity index (χ1v) is 9.18. The van der Waals surface area contributed by atoms with Gasteiger partial charge in [0.25, 0.3) is 0 Å². The molecule has 4 heterocycles. The minimum atomic E-state index is 0.0217. The molecule has 0 spiro atoms. The van der Waals surface area contributed by atoms with Gasteiger partial charge in [0.2, 0.25) is 0 Å². The number of benzene rings is 3. The Bertz CT molecular complexity index is 1760. The van der Waals surface area contributed by atoms with Gasteiger partial charge in [-0.05, 0) is 0 Å². The standard InChI is InChI=1S/C20H6N8O4/c21-5-7-17-18(30-14-2-10-9(23-27-24-10)1-13(14)29-17)8(6-22)20-19(7)31-15-3-11-12(26-28-25-11)4-16(15)32-20/h1-4H,(H,23,24,27)(H,25,26,28). The molecule has 12 nitrogen and oxygen atoms in total. The molecule has 3 aromatic carbocycles. The third kappa shape index (κ3) is 2.02. The summed E-state index contributed by atoms with van der Waals surface area (Å²) in [4.78, 5) is 0. The van der Waals surface area contributed by atoms with Gasteiger partial charge in [0.15, 0.2) is 44.7 Å². The van der Waals surface area contributed by atoms with Crippen molar-refractivity contribution in [1.29, 1.82) is 10.5 Å². The molecule has 7 aromatic rings. The first-order chi connectivity index (χ1) is 15.7. The SMILES string of the molecule is N#Cc1c2oc3cc4nn[nH]c4cc3oc2c(C#N)c2oc3cc4nn[nH]c4cc3oc12.